The van der Waals surface area contributed by atoms with Crippen molar-refractivity contribution in [3.8, 4) is 22.4 Å². The van der Waals surface area contributed by atoms with Gasteiger partial charge in [-0.15, -0.1) is 0 Å². The average Bonchev–Trinajstić information content (AvgIpc) is 3.03. The summed E-state index contributed by atoms with van der Waals surface area (Å²) in [5, 5.41) is 1.08. The predicted molar refractivity (Wildman–Crippen MR) is 163 cm³/mol. The van der Waals surface area contributed by atoms with Crippen LogP contribution in [0.3, 0.4) is 0 Å². The van der Waals surface area contributed by atoms with Gasteiger partial charge in [0.25, 0.3) is 0 Å². The van der Waals surface area contributed by atoms with E-state index in [1.54, 1.807) is 23.9 Å². The molecule has 5 aromatic carbocycles. The Bertz CT molecular complexity index is 1840. The fraction of sp³-hybridized carbons (Fsp3) is 0.0286. The van der Waals surface area contributed by atoms with Gasteiger partial charge in [0.15, 0.2) is 0 Å². The number of hydrogen-bond acceptors (Lipinski definition) is 5. The number of esters is 1. The van der Waals surface area contributed by atoms with Gasteiger partial charge in [-0.05, 0) is 59.7 Å². The quantitative estimate of drug-likeness (QED) is 0.210. The first-order chi connectivity index (χ1) is 19.7. The number of pyridine rings is 1. The van der Waals surface area contributed by atoms with Crippen LogP contribution in [-0.4, -0.2) is 18.1 Å². The van der Waals surface area contributed by atoms with Crippen molar-refractivity contribution in [3.63, 3.8) is 0 Å². The Hall–Kier alpha value is -4.87. The molecule has 0 spiro atoms. The SMILES string of the molecule is COC(=O)c1ccc(-c2cc(-c3ccccc3)c3cccc(N4c5ccccc5Sc5ccccc54)c3n2)cc1. The van der Waals surface area contributed by atoms with Crippen LogP contribution in [0.15, 0.2) is 137 Å². The van der Waals surface area contributed by atoms with Crippen LogP contribution in [0.2, 0.25) is 0 Å². The third kappa shape index (κ3) is 4.12. The molecule has 40 heavy (non-hydrogen) atoms. The Morgan fingerprint density at radius 2 is 1.30 bits per heavy atom. The van der Waals surface area contributed by atoms with E-state index in [9.17, 15) is 4.79 Å². The van der Waals surface area contributed by atoms with Gasteiger partial charge in [-0.3, -0.25) is 0 Å². The molecule has 0 atom stereocenters. The number of anilines is 3. The van der Waals surface area contributed by atoms with E-state index in [0.717, 1.165) is 50.3 Å². The zero-order valence-corrected chi connectivity index (χ0v) is 22.6. The topological polar surface area (TPSA) is 42.4 Å². The maximum atomic E-state index is 12.1. The maximum absolute atomic E-state index is 12.1. The minimum absolute atomic E-state index is 0.356. The van der Waals surface area contributed by atoms with Crippen molar-refractivity contribution in [1.29, 1.82) is 0 Å². The molecule has 4 nitrogen and oxygen atoms in total. The Balaban J connectivity index is 1.50. The fourth-order valence-electron chi connectivity index (χ4n) is 5.28. The predicted octanol–water partition coefficient (Wildman–Crippen LogP) is 9.29. The van der Waals surface area contributed by atoms with Crippen LogP contribution < -0.4 is 4.90 Å². The van der Waals surface area contributed by atoms with E-state index in [1.807, 2.05) is 18.2 Å². The maximum Gasteiger partial charge on any atom is 0.337 e. The smallest absolute Gasteiger partial charge is 0.337 e. The van der Waals surface area contributed by atoms with Crippen LogP contribution in [0.4, 0.5) is 17.1 Å². The summed E-state index contributed by atoms with van der Waals surface area (Å²) in [6.45, 7) is 0. The fourth-order valence-corrected chi connectivity index (χ4v) is 6.34. The number of nitrogens with zero attached hydrogens (tertiary/aromatic N) is 2. The molecular formula is C35H24N2O2S. The molecule has 2 heterocycles. The Morgan fingerprint density at radius 3 is 1.98 bits per heavy atom. The normalized spacial score (nSPS) is 12.1. The largest absolute Gasteiger partial charge is 0.465 e. The molecule has 192 valence electrons. The van der Waals surface area contributed by atoms with E-state index in [0.29, 0.717) is 5.56 Å². The molecule has 6 aromatic rings. The van der Waals surface area contributed by atoms with Crippen LogP contribution in [0.5, 0.6) is 0 Å². The highest BCUT2D eigenvalue weighted by Gasteiger charge is 2.26. The molecular weight excluding hydrogens is 512 g/mol. The van der Waals surface area contributed by atoms with Gasteiger partial charge in [0, 0.05) is 20.7 Å². The number of aromatic nitrogens is 1. The van der Waals surface area contributed by atoms with E-state index < -0.39 is 0 Å². The van der Waals surface area contributed by atoms with Gasteiger partial charge >= 0.3 is 5.97 Å². The zero-order chi connectivity index (χ0) is 27.1. The second-order valence-electron chi connectivity index (χ2n) is 9.54. The highest BCUT2D eigenvalue weighted by Crippen LogP contribution is 2.52. The lowest BCUT2D eigenvalue weighted by molar-refractivity contribution is 0.0600. The number of carbonyl (C=O) groups excluding carboxylic acids is 1. The first-order valence-electron chi connectivity index (χ1n) is 13.1. The number of fused-ring (bicyclic) bond motifs is 3. The first kappa shape index (κ1) is 24.2. The van der Waals surface area contributed by atoms with Crippen molar-refractivity contribution < 1.29 is 9.53 Å². The van der Waals surface area contributed by atoms with Gasteiger partial charge in [0.05, 0.1) is 40.9 Å². The van der Waals surface area contributed by atoms with Crippen LogP contribution in [0.25, 0.3) is 33.3 Å². The number of benzene rings is 5. The summed E-state index contributed by atoms with van der Waals surface area (Å²) in [4.78, 5) is 22.1. The van der Waals surface area contributed by atoms with Gasteiger partial charge in [0.1, 0.15) is 0 Å². The molecule has 1 aliphatic rings. The van der Waals surface area contributed by atoms with Gasteiger partial charge in [0.2, 0.25) is 0 Å². The Kier molecular flexibility index (Phi) is 6.06. The van der Waals surface area contributed by atoms with E-state index in [1.165, 1.54) is 16.9 Å². The summed E-state index contributed by atoms with van der Waals surface area (Å²) in [6.07, 6.45) is 0. The molecule has 5 heteroatoms. The van der Waals surface area contributed by atoms with Crippen molar-refractivity contribution in [2.45, 2.75) is 9.79 Å². The standard InChI is InChI=1S/C35H24N2O2S/c1-39-35(38)25-20-18-24(19-21-25)28-22-27(23-10-3-2-4-11-23)26-12-9-15-31(34(26)36-28)37-29-13-5-7-16-32(29)40-33-17-8-6-14-30(33)37/h2-22H,1H3. The molecule has 0 amide bonds. The number of para-hydroxylation sites is 3. The Labute approximate surface area is 236 Å². The summed E-state index contributed by atoms with van der Waals surface area (Å²) < 4.78 is 4.89. The summed E-state index contributed by atoms with van der Waals surface area (Å²) >= 11 is 1.79. The van der Waals surface area contributed by atoms with Crippen LogP contribution in [0.1, 0.15) is 10.4 Å². The van der Waals surface area contributed by atoms with Crippen LogP contribution in [0, 0.1) is 0 Å². The lowest BCUT2D eigenvalue weighted by atomic mass is 9.97. The van der Waals surface area contributed by atoms with E-state index in [-0.39, 0.29) is 5.97 Å². The Morgan fingerprint density at radius 1 is 0.675 bits per heavy atom. The minimum Gasteiger partial charge on any atom is -0.465 e. The number of hydrogen-bond donors (Lipinski definition) is 0. The first-order valence-corrected chi connectivity index (χ1v) is 13.9. The van der Waals surface area contributed by atoms with Crippen molar-refractivity contribution in [2.75, 3.05) is 12.0 Å². The molecule has 0 unspecified atom stereocenters. The summed E-state index contributed by atoms with van der Waals surface area (Å²) in [7, 11) is 1.39. The molecule has 0 saturated carbocycles. The van der Waals surface area contributed by atoms with Crippen molar-refractivity contribution in [3.05, 3.63) is 133 Å². The number of carbonyl (C=O) groups is 1. The lowest BCUT2D eigenvalue weighted by Gasteiger charge is -2.33. The molecule has 0 N–H and O–H groups in total. The van der Waals surface area contributed by atoms with Gasteiger partial charge in [-0.1, -0.05) is 90.6 Å². The molecule has 7 rings (SSSR count). The van der Waals surface area contributed by atoms with E-state index in [4.69, 9.17) is 9.72 Å². The van der Waals surface area contributed by atoms with Gasteiger partial charge in [-0.25, -0.2) is 9.78 Å². The molecule has 1 aliphatic heterocycles. The highest BCUT2D eigenvalue weighted by atomic mass is 32.2. The zero-order valence-electron chi connectivity index (χ0n) is 21.7. The van der Waals surface area contributed by atoms with Crippen molar-refractivity contribution in [1.82, 2.24) is 4.98 Å². The third-order valence-electron chi connectivity index (χ3n) is 7.18. The summed E-state index contributed by atoms with van der Waals surface area (Å²) in [6, 6.07) is 43.4. The van der Waals surface area contributed by atoms with Crippen LogP contribution >= 0.6 is 11.8 Å². The van der Waals surface area contributed by atoms with Gasteiger partial charge in [-0.2, -0.15) is 0 Å². The van der Waals surface area contributed by atoms with Crippen LogP contribution in [-0.2, 0) is 4.74 Å². The highest BCUT2D eigenvalue weighted by molar-refractivity contribution is 7.99. The molecule has 0 radical (unpaired) electrons. The third-order valence-corrected chi connectivity index (χ3v) is 8.31. The van der Waals surface area contributed by atoms with Gasteiger partial charge < -0.3 is 9.64 Å². The average molecular weight is 537 g/mol. The van der Waals surface area contributed by atoms with Crippen molar-refractivity contribution in [2.24, 2.45) is 0 Å². The molecule has 0 bridgehead atoms. The second kappa shape index (κ2) is 10.0. The summed E-state index contributed by atoms with van der Waals surface area (Å²) in [5.74, 6) is -0.356. The number of rotatable bonds is 4. The second-order valence-corrected chi connectivity index (χ2v) is 10.6. The molecule has 0 aliphatic carbocycles. The molecule has 0 saturated heterocycles. The monoisotopic (exact) mass is 536 g/mol. The van der Waals surface area contributed by atoms with Crippen molar-refractivity contribution >= 4 is 45.7 Å². The lowest BCUT2D eigenvalue weighted by Crippen LogP contribution is -2.15. The van der Waals surface area contributed by atoms with E-state index >= 15 is 0 Å². The van der Waals surface area contributed by atoms with E-state index in [2.05, 4.69) is 102 Å². The molecule has 0 fully saturated rings. The number of ether oxygens (including phenoxy) is 1. The number of methoxy groups -OCH3 is 1. The summed E-state index contributed by atoms with van der Waals surface area (Å²) in [5.41, 5.74) is 8.69. The molecule has 1 aromatic heterocycles. The minimum atomic E-state index is -0.356.